The smallest absolute Gasteiger partial charge is 0.229 e. The summed E-state index contributed by atoms with van der Waals surface area (Å²) >= 11 is 0. The fourth-order valence-corrected chi connectivity index (χ4v) is 2.48. The van der Waals surface area contributed by atoms with Crippen molar-refractivity contribution in [2.24, 2.45) is 0 Å². The lowest BCUT2D eigenvalue weighted by Crippen LogP contribution is -2.26. The molecule has 0 aliphatic heterocycles. The molecule has 6 heteroatoms. The van der Waals surface area contributed by atoms with Crippen LogP contribution in [0.2, 0.25) is 0 Å². The number of nitrogens with zero attached hydrogens (tertiary/aromatic N) is 4. The van der Waals surface area contributed by atoms with E-state index in [2.05, 4.69) is 11.1 Å². The molecular weight excluding hydrogens is 288 g/mol. The molecule has 1 heterocycles. The average molecular weight is 302 g/mol. The molecule has 3 rings (SSSR count). The van der Waals surface area contributed by atoms with Gasteiger partial charge in [-0.1, -0.05) is 18.2 Å². The minimum atomic E-state index is -0.0552. The van der Waals surface area contributed by atoms with Crippen LogP contribution in [-0.2, 0) is 0 Å². The maximum absolute atomic E-state index is 9.10. The monoisotopic (exact) mass is 302 g/mol. The number of nitrogens with one attached hydrogen (secondary N) is 2. The summed E-state index contributed by atoms with van der Waals surface area (Å²) in [6.45, 7) is 0. The van der Waals surface area contributed by atoms with Gasteiger partial charge < -0.3 is 4.90 Å². The van der Waals surface area contributed by atoms with E-state index in [1.807, 2.05) is 42.3 Å². The molecule has 0 radical (unpaired) electrons. The van der Waals surface area contributed by atoms with Crippen molar-refractivity contribution in [2.75, 3.05) is 11.9 Å². The van der Waals surface area contributed by atoms with E-state index in [-0.39, 0.29) is 5.62 Å². The number of para-hydroxylation sites is 1. The Kier molecular flexibility index (Phi) is 3.61. The highest BCUT2D eigenvalue weighted by atomic mass is 15.2. The molecule has 3 aromatic rings. The average Bonchev–Trinajstić information content (AvgIpc) is 2.60. The fraction of sp³-hybridized carbons (Fsp3) is 0.0588. The molecule has 0 bridgehead atoms. The quantitative estimate of drug-likeness (QED) is 0.575. The second-order valence-corrected chi connectivity index (χ2v) is 5.00. The third-order valence-electron chi connectivity index (χ3n) is 3.66. The van der Waals surface area contributed by atoms with Gasteiger partial charge in [-0.15, -0.1) is 0 Å². The van der Waals surface area contributed by atoms with E-state index in [1.54, 1.807) is 18.2 Å². The van der Waals surface area contributed by atoms with Gasteiger partial charge in [-0.05, 0) is 30.3 Å². The van der Waals surface area contributed by atoms with Crippen molar-refractivity contribution in [3.05, 3.63) is 59.7 Å². The van der Waals surface area contributed by atoms with Gasteiger partial charge in [-0.2, -0.15) is 10.2 Å². The van der Waals surface area contributed by atoms with Crippen LogP contribution < -0.4 is 10.5 Å². The second-order valence-electron chi connectivity index (χ2n) is 5.00. The standard InChI is InChI=1S/C17H14N6/c1-22(13-5-3-2-4-6-13)16-14-8-7-12(10-18)9-15(14)23(11-19)17(20)21-16/h2-9,11,19-20H,1H3. The van der Waals surface area contributed by atoms with Gasteiger partial charge in [-0.25, -0.2) is 0 Å². The lowest BCUT2D eigenvalue weighted by molar-refractivity contribution is 0.915. The number of fused-ring (bicyclic) bond motifs is 1. The minimum absolute atomic E-state index is 0.0552. The number of aromatic nitrogens is 2. The molecule has 0 saturated heterocycles. The van der Waals surface area contributed by atoms with Crippen molar-refractivity contribution in [2.45, 2.75) is 0 Å². The first kappa shape index (κ1) is 14.5. The molecule has 0 fully saturated rings. The van der Waals surface area contributed by atoms with Crippen molar-refractivity contribution in [1.82, 2.24) is 9.55 Å². The van der Waals surface area contributed by atoms with Crippen LogP contribution in [0.25, 0.3) is 10.9 Å². The summed E-state index contributed by atoms with van der Waals surface area (Å²) in [5.41, 5.74) is 1.97. The van der Waals surface area contributed by atoms with Gasteiger partial charge in [0.25, 0.3) is 0 Å². The first-order chi connectivity index (χ1) is 11.2. The van der Waals surface area contributed by atoms with Crippen molar-refractivity contribution in [3.63, 3.8) is 0 Å². The van der Waals surface area contributed by atoms with Crippen molar-refractivity contribution < 1.29 is 0 Å². The Morgan fingerprint density at radius 2 is 1.96 bits per heavy atom. The van der Waals surface area contributed by atoms with Gasteiger partial charge >= 0.3 is 0 Å². The van der Waals surface area contributed by atoms with Crippen molar-refractivity contribution in [3.8, 4) is 6.07 Å². The molecule has 0 aliphatic carbocycles. The molecule has 0 spiro atoms. The number of nitriles is 1. The first-order valence-electron chi connectivity index (χ1n) is 6.96. The zero-order chi connectivity index (χ0) is 16.4. The maximum atomic E-state index is 9.10. The SMILES string of the molecule is CN(c1ccccc1)c1nc(=N)n(C=N)c2cc(C#N)ccc12. The zero-order valence-corrected chi connectivity index (χ0v) is 12.5. The number of benzene rings is 2. The minimum Gasteiger partial charge on any atom is -0.329 e. The molecule has 2 aromatic carbocycles. The van der Waals surface area contributed by atoms with Gasteiger partial charge in [-0.3, -0.25) is 15.4 Å². The molecule has 112 valence electrons. The van der Waals surface area contributed by atoms with Crippen molar-refractivity contribution in [1.29, 1.82) is 16.1 Å². The Balaban J connectivity index is 2.32. The van der Waals surface area contributed by atoms with Gasteiger partial charge in [0.2, 0.25) is 5.62 Å². The van der Waals surface area contributed by atoms with E-state index >= 15 is 0 Å². The van der Waals surface area contributed by atoms with Crippen LogP contribution >= 0.6 is 0 Å². The summed E-state index contributed by atoms with van der Waals surface area (Å²) in [5, 5.41) is 25.5. The third kappa shape index (κ3) is 2.45. The van der Waals surface area contributed by atoms with E-state index in [1.165, 1.54) is 4.57 Å². The van der Waals surface area contributed by atoms with Crippen LogP contribution in [0, 0.1) is 22.1 Å². The summed E-state index contributed by atoms with van der Waals surface area (Å²) in [7, 11) is 1.88. The van der Waals surface area contributed by atoms with Crippen molar-refractivity contribution >= 4 is 28.7 Å². The van der Waals surface area contributed by atoms with Gasteiger partial charge in [0.1, 0.15) is 5.82 Å². The second kappa shape index (κ2) is 5.73. The largest absolute Gasteiger partial charge is 0.329 e. The number of anilines is 2. The molecule has 0 atom stereocenters. The fourth-order valence-electron chi connectivity index (χ4n) is 2.48. The summed E-state index contributed by atoms with van der Waals surface area (Å²) in [6, 6.07) is 17.0. The predicted molar refractivity (Wildman–Crippen MR) is 89.0 cm³/mol. The molecular formula is C17H14N6. The van der Waals surface area contributed by atoms with E-state index < -0.39 is 0 Å². The molecule has 1 aromatic heterocycles. The highest BCUT2D eigenvalue weighted by Gasteiger charge is 2.13. The first-order valence-corrected chi connectivity index (χ1v) is 6.96. The van der Waals surface area contributed by atoms with Gasteiger partial charge in [0, 0.05) is 18.1 Å². The molecule has 0 saturated carbocycles. The van der Waals surface area contributed by atoms with Crippen LogP contribution in [0.3, 0.4) is 0 Å². The van der Waals surface area contributed by atoms with E-state index in [9.17, 15) is 0 Å². The lowest BCUT2D eigenvalue weighted by atomic mass is 10.1. The molecule has 0 aliphatic rings. The predicted octanol–water partition coefficient (Wildman–Crippen LogP) is 2.61. The zero-order valence-electron chi connectivity index (χ0n) is 12.5. The topological polar surface area (TPSA) is 92.6 Å². The molecule has 0 unspecified atom stereocenters. The molecule has 2 N–H and O–H groups in total. The molecule has 23 heavy (non-hydrogen) atoms. The molecule has 6 nitrogen and oxygen atoms in total. The van der Waals surface area contributed by atoms with Gasteiger partial charge in [0.15, 0.2) is 0 Å². The Morgan fingerprint density at radius 3 is 2.61 bits per heavy atom. The number of rotatable bonds is 3. The van der Waals surface area contributed by atoms with E-state index in [0.717, 1.165) is 17.4 Å². The highest BCUT2D eigenvalue weighted by molar-refractivity contribution is 5.94. The Morgan fingerprint density at radius 1 is 1.22 bits per heavy atom. The summed E-state index contributed by atoms with van der Waals surface area (Å²) in [4.78, 5) is 6.21. The van der Waals surface area contributed by atoms with Crippen LogP contribution in [0.1, 0.15) is 5.56 Å². The maximum Gasteiger partial charge on any atom is 0.229 e. The number of hydrogen-bond acceptors (Lipinski definition) is 5. The van der Waals surface area contributed by atoms with Crippen LogP contribution in [-0.4, -0.2) is 22.9 Å². The van der Waals surface area contributed by atoms with E-state index in [4.69, 9.17) is 16.1 Å². The summed E-state index contributed by atoms with van der Waals surface area (Å²) in [6.07, 6.45) is 1.03. The third-order valence-corrected chi connectivity index (χ3v) is 3.66. The van der Waals surface area contributed by atoms with Crippen LogP contribution in [0.5, 0.6) is 0 Å². The Labute approximate surface area is 132 Å². The summed E-state index contributed by atoms with van der Waals surface area (Å²) < 4.78 is 1.35. The molecule has 0 amide bonds. The number of hydrogen-bond donors (Lipinski definition) is 2. The lowest BCUT2D eigenvalue weighted by Gasteiger charge is -2.21. The Hall–Kier alpha value is -3.46. The van der Waals surface area contributed by atoms with Crippen LogP contribution in [0.4, 0.5) is 11.5 Å². The normalized spacial score (nSPS) is 10.3. The van der Waals surface area contributed by atoms with Gasteiger partial charge in [0.05, 0.1) is 23.5 Å². The van der Waals surface area contributed by atoms with E-state index in [0.29, 0.717) is 16.9 Å². The highest BCUT2D eigenvalue weighted by Crippen LogP contribution is 2.28. The Bertz CT molecular complexity index is 982. The van der Waals surface area contributed by atoms with Crippen LogP contribution in [0.15, 0.2) is 48.5 Å². The summed E-state index contributed by atoms with van der Waals surface area (Å²) in [5.74, 6) is 0.610.